The summed E-state index contributed by atoms with van der Waals surface area (Å²) in [6, 6.07) is 2.98. The Morgan fingerprint density at radius 3 is 2.55 bits per heavy atom. The molecular weight excluding hydrogens is 451 g/mol. The Hall–Kier alpha value is -2.95. The van der Waals surface area contributed by atoms with Gasteiger partial charge in [0.05, 0.1) is 7.11 Å². The van der Waals surface area contributed by atoms with Crippen molar-refractivity contribution in [1.29, 1.82) is 0 Å². The quantitative estimate of drug-likeness (QED) is 0.667. The van der Waals surface area contributed by atoms with Crippen LogP contribution in [0.3, 0.4) is 0 Å². The van der Waals surface area contributed by atoms with Crippen LogP contribution < -0.4 is 15.5 Å². The average Bonchev–Trinajstić information content (AvgIpc) is 3.02. The second-order valence-electron chi connectivity index (χ2n) is 8.39. The number of H-pyrrole nitrogens is 1. The zero-order valence-corrected chi connectivity index (χ0v) is 17.9. The molecule has 4 rings (SSSR count). The van der Waals surface area contributed by atoms with Crippen LogP contribution in [0.15, 0.2) is 23.0 Å². The second-order valence-corrected chi connectivity index (χ2v) is 8.39. The number of fused-ring (bicyclic) bond motifs is 1. The Kier molecular flexibility index (Phi) is 5.50. The van der Waals surface area contributed by atoms with Gasteiger partial charge in [-0.25, -0.2) is 4.39 Å². The molecule has 1 aromatic heterocycles. The van der Waals surface area contributed by atoms with Gasteiger partial charge in [-0.05, 0) is 13.0 Å². The molecule has 1 saturated heterocycles. The van der Waals surface area contributed by atoms with Crippen LogP contribution in [0.25, 0.3) is 0 Å². The summed E-state index contributed by atoms with van der Waals surface area (Å²) in [6.07, 6.45) is -5.92. The predicted molar refractivity (Wildman–Crippen MR) is 106 cm³/mol. The van der Waals surface area contributed by atoms with Gasteiger partial charge in [-0.3, -0.25) is 9.59 Å². The molecule has 1 amide bonds. The maximum atomic E-state index is 14.5. The summed E-state index contributed by atoms with van der Waals surface area (Å²) in [4.78, 5) is 27.6. The van der Waals surface area contributed by atoms with Gasteiger partial charge in [-0.1, -0.05) is 13.0 Å². The van der Waals surface area contributed by atoms with E-state index in [2.05, 4.69) is 10.3 Å². The third-order valence-corrected chi connectivity index (χ3v) is 6.64. The standard InChI is InChI=1S/C22H21F5N2O4/c1-9-15(10-4-5-11(23)17(24)18(10)32-3)19(33-21(9,2)22(25,26)27)13-8-14(30)16-12(29-13)6-7-28-20(16)31/h4-5,8-9,15,19H,6-7H2,1-3H3,(H,28,31)(H,29,30)/t9-,15-,19-,21+/m0/s1. The molecule has 0 aliphatic carbocycles. The first-order valence-electron chi connectivity index (χ1n) is 10.2. The Morgan fingerprint density at radius 1 is 1.21 bits per heavy atom. The summed E-state index contributed by atoms with van der Waals surface area (Å²) in [5.41, 5.74) is -3.21. The maximum Gasteiger partial charge on any atom is 0.417 e. The number of aromatic amines is 1. The van der Waals surface area contributed by atoms with Crippen LogP contribution in [0.1, 0.15) is 53.2 Å². The SMILES string of the molecule is COc1c([C@H]2[C@H](c3cc(=O)c4c([nH]3)CCNC4=O)O[C@@](C)(C(F)(F)F)[C@H]2C)ccc(F)c1F. The van der Waals surface area contributed by atoms with Crippen molar-refractivity contribution in [2.75, 3.05) is 13.7 Å². The zero-order chi connectivity index (χ0) is 24.3. The van der Waals surface area contributed by atoms with E-state index in [1.807, 2.05) is 0 Å². The molecule has 2 aliphatic rings. The lowest BCUT2D eigenvalue weighted by atomic mass is 9.76. The topological polar surface area (TPSA) is 80.4 Å². The van der Waals surface area contributed by atoms with Crippen LogP contribution in [-0.4, -0.2) is 36.3 Å². The first kappa shape index (κ1) is 23.2. The van der Waals surface area contributed by atoms with E-state index in [0.29, 0.717) is 0 Å². The number of pyridine rings is 1. The van der Waals surface area contributed by atoms with E-state index in [1.54, 1.807) is 0 Å². The van der Waals surface area contributed by atoms with Crippen molar-refractivity contribution in [1.82, 2.24) is 10.3 Å². The number of rotatable bonds is 3. The van der Waals surface area contributed by atoms with Gasteiger partial charge in [0.2, 0.25) is 5.82 Å². The van der Waals surface area contributed by atoms with Crippen molar-refractivity contribution in [3.05, 3.63) is 62.6 Å². The Labute approximate surface area is 185 Å². The molecule has 0 unspecified atom stereocenters. The number of hydrogen-bond acceptors (Lipinski definition) is 4. The van der Waals surface area contributed by atoms with Gasteiger partial charge in [-0.2, -0.15) is 17.6 Å². The van der Waals surface area contributed by atoms with Gasteiger partial charge in [0.1, 0.15) is 11.7 Å². The second kappa shape index (κ2) is 7.82. The normalized spacial score (nSPS) is 27.3. The fraction of sp³-hybridized carbons (Fsp3) is 0.455. The molecule has 11 heteroatoms. The molecule has 1 fully saturated rings. The Bertz CT molecular complexity index is 1180. The van der Waals surface area contributed by atoms with Crippen LogP contribution in [-0.2, 0) is 11.2 Å². The molecule has 0 bridgehead atoms. The number of nitrogens with one attached hydrogen (secondary N) is 2. The summed E-state index contributed by atoms with van der Waals surface area (Å²) in [6.45, 7) is 2.41. The maximum absolute atomic E-state index is 14.5. The zero-order valence-electron chi connectivity index (χ0n) is 17.9. The summed E-state index contributed by atoms with van der Waals surface area (Å²) >= 11 is 0. The largest absolute Gasteiger partial charge is 0.493 e. The predicted octanol–water partition coefficient (Wildman–Crippen LogP) is 3.76. The minimum absolute atomic E-state index is 0.00469. The number of ether oxygens (including phenoxy) is 2. The van der Waals surface area contributed by atoms with E-state index in [0.717, 1.165) is 32.2 Å². The molecule has 178 valence electrons. The molecule has 0 saturated carbocycles. The number of halogens is 5. The number of methoxy groups -OCH3 is 1. The fourth-order valence-corrected chi connectivity index (χ4v) is 4.69. The fourth-order valence-electron chi connectivity index (χ4n) is 4.69. The van der Waals surface area contributed by atoms with Gasteiger partial charge in [0.25, 0.3) is 5.91 Å². The Morgan fingerprint density at radius 2 is 1.91 bits per heavy atom. The van der Waals surface area contributed by atoms with Crippen molar-refractivity contribution in [3.63, 3.8) is 0 Å². The number of alkyl halides is 3. The third kappa shape index (κ3) is 3.49. The van der Waals surface area contributed by atoms with E-state index in [9.17, 15) is 31.5 Å². The van der Waals surface area contributed by atoms with Crippen LogP contribution in [0.5, 0.6) is 5.75 Å². The highest BCUT2D eigenvalue weighted by Gasteiger charge is 2.65. The lowest BCUT2D eigenvalue weighted by molar-refractivity contribution is -0.275. The van der Waals surface area contributed by atoms with Gasteiger partial charge in [0, 0.05) is 47.8 Å². The molecule has 4 atom stereocenters. The van der Waals surface area contributed by atoms with Crippen molar-refractivity contribution >= 4 is 5.91 Å². The number of hydrogen-bond donors (Lipinski definition) is 2. The minimum Gasteiger partial charge on any atom is -0.493 e. The van der Waals surface area contributed by atoms with Gasteiger partial charge in [0.15, 0.2) is 22.6 Å². The summed E-state index contributed by atoms with van der Waals surface area (Å²) in [5.74, 6) is -6.10. The average molecular weight is 472 g/mol. The Balaban J connectivity index is 1.93. The van der Waals surface area contributed by atoms with Crippen molar-refractivity contribution in [2.24, 2.45) is 5.92 Å². The molecular formula is C22H21F5N2O4. The number of benzene rings is 1. The molecule has 33 heavy (non-hydrogen) atoms. The van der Waals surface area contributed by atoms with Crippen molar-refractivity contribution < 1.29 is 36.2 Å². The number of carbonyl (C=O) groups excluding carboxylic acids is 1. The smallest absolute Gasteiger partial charge is 0.417 e. The molecule has 1 aromatic carbocycles. The van der Waals surface area contributed by atoms with Crippen molar-refractivity contribution in [2.45, 2.75) is 44.1 Å². The molecule has 6 nitrogen and oxygen atoms in total. The molecule has 0 spiro atoms. The van der Waals surface area contributed by atoms with E-state index in [-0.39, 0.29) is 35.5 Å². The highest BCUT2D eigenvalue weighted by Crippen LogP contribution is 2.59. The van der Waals surface area contributed by atoms with E-state index >= 15 is 0 Å². The van der Waals surface area contributed by atoms with Crippen LogP contribution in [0, 0.1) is 17.6 Å². The first-order valence-corrected chi connectivity index (χ1v) is 10.2. The molecule has 3 heterocycles. The van der Waals surface area contributed by atoms with Gasteiger partial charge in [-0.15, -0.1) is 0 Å². The molecule has 2 aromatic rings. The van der Waals surface area contributed by atoms with Crippen LogP contribution in [0.2, 0.25) is 0 Å². The molecule has 2 N–H and O–H groups in total. The van der Waals surface area contributed by atoms with E-state index in [4.69, 9.17) is 9.47 Å². The number of aromatic nitrogens is 1. The summed E-state index contributed by atoms with van der Waals surface area (Å²) in [7, 11) is 1.08. The first-order chi connectivity index (χ1) is 15.4. The summed E-state index contributed by atoms with van der Waals surface area (Å²) < 4.78 is 81.1. The van der Waals surface area contributed by atoms with Crippen LogP contribution >= 0.6 is 0 Å². The highest BCUT2D eigenvalue weighted by molar-refractivity contribution is 5.96. The van der Waals surface area contributed by atoms with Gasteiger partial charge < -0.3 is 19.8 Å². The monoisotopic (exact) mass is 472 g/mol. The van der Waals surface area contributed by atoms with Gasteiger partial charge >= 0.3 is 6.18 Å². The molecule has 2 aliphatic heterocycles. The lowest BCUT2D eigenvalue weighted by Gasteiger charge is -2.32. The third-order valence-electron chi connectivity index (χ3n) is 6.64. The molecule has 0 radical (unpaired) electrons. The highest BCUT2D eigenvalue weighted by atomic mass is 19.4. The minimum atomic E-state index is -4.81. The van der Waals surface area contributed by atoms with E-state index < -0.39 is 58.4 Å². The summed E-state index contributed by atoms with van der Waals surface area (Å²) in [5, 5.41) is 2.54. The lowest BCUT2D eigenvalue weighted by Crippen LogP contribution is -2.46. The van der Waals surface area contributed by atoms with Crippen molar-refractivity contribution in [3.8, 4) is 5.75 Å². The number of amides is 1. The van der Waals surface area contributed by atoms with E-state index in [1.165, 1.54) is 6.92 Å². The number of carbonyl (C=O) groups is 1. The van der Waals surface area contributed by atoms with Crippen LogP contribution in [0.4, 0.5) is 22.0 Å².